The Kier molecular flexibility index (Phi) is 7.15. The molecule has 0 heterocycles. The molecule has 0 amide bonds. The Bertz CT molecular complexity index is 361. The van der Waals surface area contributed by atoms with Crippen LogP contribution in [0.15, 0.2) is 24.3 Å². The van der Waals surface area contributed by atoms with Crippen molar-refractivity contribution in [2.75, 3.05) is 0 Å². The fourth-order valence-electron chi connectivity index (χ4n) is 3.64. The number of aliphatic hydroxyl groups is 2. The largest absolute Gasteiger partial charge is 0.392 e. The molecule has 0 aromatic rings. The third kappa shape index (κ3) is 5.27. The van der Waals surface area contributed by atoms with Gasteiger partial charge in [-0.3, -0.25) is 0 Å². The minimum atomic E-state index is -0.128. The molecule has 2 saturated carbocycles. The summed E-state index contributed by atoms with van der Waals surface area (Å²) < 4.78 is 0. The zero-order valence-electron chi connectivity index (χ0n) is 14.3. The van der Waals surface area contributed by atoms with Gasteiger partial charge in [-0.05, 0) is 57.8 Å². The second-order valence-electron chi connectivity index (χ2n) is 7.44. The summed E-state index contributed by atoms with van der Waals surface area (Å²) in [6.07, 6.45) is 5.34. The van der Waals surface area contributed by atoms with Gasteiger partial charge in [-0.2, -0.15) is 0 Å². The van der Waals surface area contributed by atoms with E-state index in [4.69, 9.17) is 0 Å². The summed E-state index contributed by atoms with van der Waals surface area (Å²) in [4.78, 5) is 0. The minimum absolute atomic E-state index is 0.127. The lowest BCUT2D eigenvalue weighted by Gasteiger charge is -2.31. The van der Waals surface area contributed by atoms with E-state index in [0.29, 0.717) is 23.7 Å². The van der Waals surface area contributed by atoms with E-state index in [9.17, 15) is 10.2 Å². The minimum Gasteiger partial charge on any atom is -0.392 e. The Labute approximate surface area is 131 Å². The predicted molar refractivity (Wildman–Crippen MR) is 90.0 cm³/mol. The molecule has 6 atom stereocenters. The summed E-state index contributed by atoms with van der Waals surface area (Å²) in [6, 6.07) is 0. The summed E-state index contributed by atoms with van der Waals surface area (Å²) in [5.41, 5.74) is 2.28. The molecule has 0 radical (unpaired) electrons. The maximum Gasteiger partial charge on any atom is 0.0630 e. The highest BCUT2D eigenvalue weighted by Crippen LogP contribution is 2.34. The molecular formula is C19H34O2. The molecule has 21 heavy (non-hydrogen) atoms. The van der Waals surface area contributed by atoms with E-state index in [1.165, 1.54) is 6.42 Å². The van der Waals surface area contributed by atoms with Crippen LogP contribution < -0.4 is 0 Å². The fraction of sp³-hybridized carbons (Fsp3) is 0.789. The highest BCUT2D eigenvalue weighted by atomic mass is 16.3. The van der Waals surface area contributed by atoms with Crippen molar-refractivity contribution in [3.05, 3.63) is 24.3 Å². The fourth-order valence-corrected chi connectivity index (χ4v) is 3.64. The lowest BCUT2D eigenvalue weighted by Crippen LogP contribution is -2.28. The molecule has 2 aliphatic carbocycles. The molecule has 0 saturated heterocycles. The summed E-state index contributed by atoms with van der Waals surface area (Å²) in [6.45, 7) is 16.1. The van der Waals surface area contributed by atoms with Gasteiger partial charge >= 0.3 is 0 Å². The van der Waals surface area contributed by atoms with Crippen LogP contribution in [0, 0.1) is 23.7 Å². The quantitative estimate of drug-likeness (QED) is 0.744. The average molecular weight is 294 g/mol. The van der Waals surface area contributed by atoms with Crippen molar-refractivity contribution in [1.82, 2.24) is 0 Å². The highest BCUT2D eigenvalue weighted by molar-refractivity contribution is 5.03. The standard InChI is InChI=1S/C10H18O.C9H16O/c1-7(2)9-5-4-8(3)6-10(9)11;1-6(2)8-5-4-7(3)9(8)10/h8-11H,1,4-6H2,2-3H3;7-10H,1,4-5H2,2-3H3. The van der Waals surface area contributed by atoms with Crippen LogP contribution >= 0.6 is 0 Å². The van der Waals surface area contributed by atoms with E-state index in [1.807, 2.05) is 13.8 Å². The Morgan fingerprint density at radius 2 is 1.38 bits per heavy atom. The van der Waals surface area contributed by atoms with Crippen LogP contribution in [0.4, 0.5) is 0 Å². The normalized spacial score (nSPS) is 39.3. The third-order valence-electron chi connectivity index (χ3n) is 5.27. The molecule has 122 valence electrons. The molecule has 2 rings (SSSR count). The first kappa shape index (κ1) is 18.4. The molecule has 0 aromatic carbocycles. The lowest BCUT2D eigenvalue weighted by atomic mass is 9.78. The van der Waals surface area contributed by atoms with Crippen LogP contribution in [-0.4, -0.2) is 22.4 Å². The molecular weight excluding hydrogens is 260 g/mol. The number of hydrogen-bond acceptors (Lipinski definition) is 2. The molecule has 2 nitrogen and oxygen atoms in total. The molecule has 0 aliphatic heterocycles. The van der Waals surface area contributed by atoms with Gasteiger partial charge in [0.05, 0.1) is 12.2 Å². The molecule has 2 N–H and O–H groups in total. The van der Waals surface area contributed by atoms with E-state index in [0.717, 1.165) is 36.8 Å². The SMILES string of the molecule is C=C(C)C1CCC(C)C1O.C=C(C)C1CCC(C)CC1O. The van der Waals surface area contributed by atoms with E-state index >= 15 is 0 Å². The van der Waals surface area contributed by atoms with Gasteiger partial charge < -0.3 is 10.2 Å². The van der Waals surface area contributed by atoms with E-state index in [-0.39, 0.29) is 12.2 Å². The van der Waals surface area contributed by atoms with Crippen LogP contribution in [0.1, 0.15) is 59.8 Å². The summed E-state index contributed by atoms with van der Waals surface area (Å²) in [5, 5.41) is 19.2. The summed E-state index contributed by atoms with van der Waals surface area (Å²) >= 11 is 0. The first-order chi connectivity index (χ1) is 9.73. The molecule has 2 heteroatoms. The smallest absolute Gasteiger partial charge is 0.0630 e. The average Bonchev–Trinajstić information content (AvgIpc) is 2.70. The first-order valence-electron chi connectivity index (χ1n) is 8.41. The van der Waals surface area contributed by atoms with Gasteiger partial charge in [0, 0.05) is 11.8 Å². The molecule has 0 aromatic heterocycles. The lowest BCUT2D eigenvalue weighted by molar-refractivity contribution is 0.0656. The molecule has 0 bridgehead atoms. The second kappa shape index (κ2) is 8.14. The zero-order valence-corrected chi connectivity index (χ0v) is 14.3. The Morgan fingerprint density at radius 3 is 1.71 bits per heavy atom. The molecule has 6 unspecified atom stereocenters. The second-order valence-corrected chi connectivity index (χ2v) is 7.44. The topological polar surface area (TPSA) is 40.5 Å². The van der Waals surface area contributed by atoms with Crippen molar-refractivity contribution >= 4 is 0 Å². The monoisotopic (exact) mass is 294 g/mol. The summed E-state index contributed by atoms with van der Waals surface area (Å²) in [7, 11) is 0. The van der Waals surface area contributed by atoms with Crippen molar-refractivity contribution in [3.63, 3.8) is 0 Å². The van der Waals surface area contributed by atoms with Gasteiger partial charge in [-0.1, -0.05) is 38.2 Å². The number of aliphatic hydroxyl groups excluding tert-OH is 2. The van der Waals surface area contributed by atoms with Crippen molar-refractivity contribution in [2.24, 2.45) is 23.7 Å². The predicted octanol–water partition coefficient (Wildman–Crippen LogP) is 4.33. The van der Waals surface area contributed by atoms with Crippen LogP contribution in [0.3, 0.4) is 0 Å². The van der Waals surface area contributed by atoms with Crippen molar-refractivity contribution in [3.8, 4) is 0 Å². The van der Waals surface area contributed by atoms with Crippen LogP contribution in [0.5, 0.6) is 0 Å². The number of hydrogen-bond donors (Lipinski definition) is 2. The van der Waals surface area contributed by atoms with Gasteiger partial charge in [0.25, 0.3) is 0 Å². The highest BCUT2D eigenvalue weighted by Gasteiger charge is 2.31. The van der Waals surface area contributed by atoms with Crippen molar-refractivity contribution in [2.45, 2.75) is 72.0 Å². The summed E-state index contributed by atoms with van der Waals surface area (Å²) in [5.74, 6) is 1.91. The Balaban J connectivity index is 0.000000211. The van der Waals surface area contributed by atoms with Crippen molar-refractivity contribution < 1.29 is 10.2 Å². The van der Waals surface area contributed by atoms with Crippen molar-refractivity contribution in [1.29, 1.82) is 0 Å². The molecule has 2 aliphatic rings. The van der Waals surface area contributed by atoms with E-state index in [1.54, 1.807) is 0 Å². The van der Waals surface area contributed by atoms with Crippen LogP contribution in [-0.2, 0) is 0 Å². The number of rotatable bonds is 2. The zero-order chi connectivity index (χ0) is 16.2. The van der Waals surface area contributed by atoms with Gasteiger partial charge in [0.2, 0.25) is 0 Å². The van der Waals surface area contributed by atoms with Gasteiger partial charge in [-0.15, -0.1) is 0 Å². The Hall–Kier alpha value is -0.600. The van der Waals surface area contributed by atoms with Gasteiger partial charge in [0.1, 0.15) is 0 Å². The third-order valence-corrected chi connectivity index (χ3v) is 5.27. The molecule has 0 spiro atoms. The Morgan fingerprint density at radius 1 is 0.857 bits per heavy atom. The van der Waals surface area contributed by atoms with Gasteiger partial charge in [-0.25, -0.2) is 0 Å². The first-order valence-corrected chi connectivity index (χ1v) is 8.41. The molecule has 2 fully saturated rings. The van der Waals surface area contributed by atoms with Crippen LogP contribution in [0.25, 0.3) is 0 Å². The van der Waals surface area contributed by atoms with E-state index < -0.39 is 0 Å². The van der Waals surface area contributed by atoms with Gasteiger partial charge in [0.15, 0.2) is 0 Å². The van der Waals surface area contributed by atoms with E-state index in [2.05, 4.69) is 27.0 Å². The maximum atomic E-state index is 9.65. The van der Waals surface area contributed by atoms with Crippen LogP contribution in [0.2, 0.25) is 0 Å². The maximum absolute atomic E-state index is 9.65.